The highest BCUT2D eigenvalue weighted by molar-refractivity contribution is 5.69. The van der Waals surface area contributed by atoms with Gasteiger partial charge in [-0.25, -0.2) is 9.18 Å². The third-order valence-corrected chi connectivity index (χ3v) is 4.63. The lowest BCUT2D eigenvalue weighted by Gasteiger charge is -2.39. The van der Waals surface area contributed by atoms with Crippen LogP contribution in [-0.2, 0) is 4.74 Å². The zero-order valence-corrected chi connectivity index (χ0v) is 15.7. The van der Waals surface area contributed by atoms with Crippen LogP contribution < -0.4 is 5.32 Å². The summed E-state index contributed by atoms with van der Waals surface area (Å²) in [5.74, 6) is -0.651. The molecule has 27 heavy (non-hydrogen) atoms. The van der Waals surface area contributed by atoms with Crippen molar-refractivity contribution < 1.29 is 18.8 Å². The lowest BCUT2D eigenvalue weighted by Crippen LogP contribution is -2.59. The van der Waals surface area contributed by atoms with E-state index in [0.29, 0.717) is 13.1 Å². The van der Waals surface area contributed by atoms with Crippen molar-refractivity contribution >= 4 is 17.9 Å². The zero-order valence-electron chi connectivity index (χ0n) is 15.7. The predicted molar refractivity (Wildman–Crippen MR) is 98.8 cm³/mol. The van der Waals surface area contributed by atoms with E-state index >= 15 is 0 Å². The molecule has 3 rings (SSSR count). The van der Waals surface area contributed by atoms with Crippen LogP contribution in [0.4, 0.5) is 14.9 Å². The number of hydrogen-bond acceptors (Lipinski definition) is 5. The van der Waals surface area contributed by atoms with Gasteiger partial charge in [0.2, 0.25) is 0 Å². The minimum Gasteiger partial charge on any atom is -0.444 e. The van der Waals surface area contributed by atoms with E-state index in [4.69, 9.17) is 4.74 Å². The molecule has 1 aliphatic carbocycles. The molecule has 1 amide bonds. The monoisotopic (exact) mass is 377 g/mol. The first-order valence-electron chi connectivity index (χ1n) is 8.95. The van der Waals surface area contributed by atoms with Crippen molar-refractivity contribution in [3.8, 4) is 0 Å². The molecular weight excluding hydrogens is 353 g/mol. The van der Waals surface area contributed by atoms with Crippen LogP contribution in [0.15, 0.2) is 24.3 Å². The molecule has 8 heteroatoms. The largest absolute Gasteiger partial charge is 0.444 e. The highest BCUT2D eigenvalue weighted by atomic mass is 19.1. The average molecular weight is 377 g/mol. The molecule has 2 aliphatic rings. The second-order valence-electron chi connectivity index (χ2n) is 8.18. The Balaban J connectivity index is 1.78. The number of rotatable bonds is 3. The minimum atomic E-state index is -0.651. The fraction of sp³-hybridized carbons (Fsp3) is 0.526. The molecule has 0 aromatic heterocycles. The van der Waals surface area contributed by atoms with E-state index in [1.54, 1.807) is 11.0 Å². The Morgan fingerprint density at radius 1 is 1.44 bits per heavy atom. The van der Waals surface area contributed by atoms with Crippen LogP contribution in [0, 0.1) is 15.9 Å². The molecule has 146 valence electrons. The van der Waals surface area contributed by atoms with Crippen LogP contribution in [0.1, 0.15) is 39.2 Å². The molecule has 7 nitrogen and oxygen atoms in total. The fourth-order valence-corrected chi connectivity index (χ4v) is 3.24. The van der Waals surface area contributed by atoms with Gasteiger partial charge in [0.25, 0.3) is 5.69 Å². The standard InChI is InChI=1S/C19H24FN3O4/c1-18(2,3)27-17(24)22-11-13(21-19(12-22)9-10-19)7-8-14-15(20)5-4-6-16(14)23(25)26/h4-8,13,21H,9-12H2,1-3H3. The summed E-state index contributed by atoms with van der Waals surface area (Å²) in [5.41, 5.74) is -1.08. The quantitative estimate of drug-likeness (QED) is 0.644. The predicted octanol–water partition coefficient (Wildman–Crippen LogP) is 3.49. The maximum Gasteiger partial charge on any atom is 0.410 e. The summed E-state index contributed by atoms with van der Waals surface area (Å²) in [5, 5.41) is 14.6. The SMILES string of the molecule is CC(C)(C)OC(=O)N1CC(C=Cc2c(F)cccc2[N+](=O)[O-])NC2(CC2)C1. The number of halogens is 1. The van der Waals surface area contributed by atoms with Crippen molar-refractivity contribution in [2.75, 3.05) is 13.1 Å². The number of nitrogens with one attached hydrogen (secondary N) is 1. The molecule has 1 heterocycles. The summed E-state index contributed by atoms with van der Waals surface area (Å²) < 4.78 is 19.5. The normalized spacial score (nSPS) is 21.5. The summed E-state index contributed by atoms with van der Waals surface area (Å²) in [6.45, 7) is 6.36. The van der Waals surface area contributed by atoms with Gasteiger partial charge in [-0.05, 0) is 45.8 Å². The van der Waals surface area contributed by atoms with E-state index in [9.17, 15) is 19.3 Å². The van der Waals surface area contributed by atoms with Gasteiger partial charge in [-0.2, -0.15) is 0 Å². The number of nitrogens with zero attached hydrogens (tertiary/aromatic N) is 2. The van der Waals surface area contributed by atoms with Crippen LogP contribution in [0.3, 0.4) is 0 Å². The van der Waals surface area contributed by atoms with Crippen LogP contribution >= 0.6 is 0 Å². The second-order valence-corrected chi connectivity index (χ2v) is 8.18. The summed E-state index contributed by atoms with van der Waals surface area (Å²) in [7, 11) is 0. The number of nitro groups is 1. The molecule has 2 fully saturated rings. The highest BCUT2D eigenvalue weighted by Crippen LogP contribution is 2.39. The van der Waals surface area contributed by atoms with E-state index in [1.165, 1.54) is 24.3 Å². The first-order chi connectivity index (χ1) is 12.6. The van der Waals surface area contributed by atoms with Gasteiger partial charge in [-0.3, -0.25) is 10.1 Å². The van der Waals surface area contributed by atoms with Crippen LogP contribution in [0.25, 0.3) is 6.08 Å². The van der Waals surface area contributed by atoms with Gasteiger partial charge in [0.15, 0.2) is 0 Å². The van der Waals surface area contributed by atoms with E-state index in [0.717, 1.165) is 12.8 Å². The second kappa shape index (κ2) is 6.92. The van der Waals surface area contributed by atoms with Gasteiger partial charge < -0.3 is 15.0 Å². The molecule has 1 aromatic rings. The van der Waals surface area contributed by atoms with E-state index < -0.39 is 16.3 Å². The smallest absolute Gasteiger partial charge is 0.410 e. The summed E-state index contributed by atoms with van der Waals surface area (Å²) in [6.07, 6.45) is 4.60. The molecule has 1 aliphatic heterocycles. The van der Waals surface area contributed by atoms with Gasteiger partial charge in [0.05, 0.1) is 10.5 Å². The number of piperazine rings is 1. The first-order valence-corrected chi connectivity index (χ1v) is 8.95. The molecule has 0 bridgehead atoms. The summed E-state index contributed by atoms with van der Waals surface area (Å²) in [4.78, 5) is 24.6. The van der Waals surface area contributed by atoms with Crippen LogP contribution in [0.5, 0.6) is 0 Å². The van der Waals surface area contributed by atoms with Crippen molar-refractivity contribution in [3.05, 3.63) is 45.8 Å². The molecule has 1 aromatic carbocycles. The fourth-order valence-electron chi connectivity index (χ4n) is 3.24. The Kier molecular flexibility index (Phi) is 4.94. The molecule has 0 radical (unpaired) electrons. The Morgan fingerprint density at radius 3 is 2.74 bits per heavy atom. The molecule has 1 saturated carbocycles. The summed E-state index contributed by atoms with van der Waals surface area (Å²) >= 11 is 0. The van der Waals surface area contributed by atoms with Gasteiger partial charge in [0, 0.05) is 30.7 Å². The maximum absolute atomic E-state index is 14.1. The Bertz CT molecular complexity index is 784. The number of carbonyl (C=O) groups excluding carboxylic acids is 1. The molecule has 1 atom stereocenters. The molecule has 1 unspecified atom stereocenters. The highest BCUT2D eigenvalue weighted by Gasteiger charge is 2.49. The summed E-state index contributed by atoms with van der Waals surface area (Å²) in [6, 6.07) is 3.53. The number of amides is 1. The lowest BCUT2D eigenvalue weighted by atomic mass is 10.1. The van der Waals surface area contributed by atoms with E-state index in [2.05, 4.69) is 5.32 Å². The number of carbonyl (C=O) groups is 1. The van der Waals surface area contributed by atoms with Crippen molar-refractivity contribution in [1.82, 2.24) is 10.2 Å². The minimum absolute atomic E-state index is 0.0662. The number of benzene rings is 1. The molecule has 1 saturated heterocycles. The van der Waals surface area contributed by atoms with Crippen molar-refractivity contribution in [1.29, 1.82) is 0 Å². The van der Waals surface area contributed by atoms with Crippen molar-refractivity contribution in [2.24, 2.45) is 0 Å². The van der Waals surface area contributed by atoms with Gasteiger partial charge >= 0.3 is 6.09 Å². The third kappa shape index (κ3) is 4.63. The van der Waals surface area contributed by atoms with Gasteiger partial charge in [-0.1, -0.05) is 12.1 Å². The van der Waals surface area contributed by atoms with Crippen molar-refractivity contribution in [2.45, 2.75) is 50.8 Å². The lowest BCUT2D eigenvalue weighted by molar-refractivity contribution is -0.385. The zero-order chi connectivity index (χ0) is 19.8. The third-order valence-electron chi connectivity index (χ3n) is 4.63. The first kappa shape index (κ1) is 19.3. The molecule has 1 spiro atoms. The topological polar surface area (TPSA) is 84.7 Å². The van der Waals surface area contributed by atoms with E-state index in [1.807, 2.05) is 20.8 Å². The van der Waals surface area contributed by atoms with E-state index in [-0.39, 0.29) is 28.9 Å². The Labute approximate surface area is 157 Å². The van der Waals surface area contributed by atoms with Crippen molar-refractivity contribution in [3.63, 3.8) is 0 Å². The van der Waals surface area contributed by atoms with Crippen LogP contribution in [0.2, 0.25) is 0 Å². The maximum atomic E-state index is 14.1. The van der Waals surface area contributed by atoms with Gasteiger partial charge in [0.1, 0.15) is 11.4 Å². The Morgan fingerprint density at radius 2 is 2.15 bits per heavy atom. The van der Waals surface area contributed by atoms with Crippen LogP contribution in [-0.4, -0.2) is 46.2 Å². The average Bonchev–Trinajstić information content (AvgIpc) is 3.29. The molecular formula is C19H24FN3O4. The van der Waals surface area contributed by atoms with Gasteiger partial charge in [-0.15, -0.1) is 0 Å². The number of hydrogen-bond donors (Lipinski definition) is 1. The Hall–Kier alpha value is -2.48. The molecule has 1 N–H and O–H groups in total. The number of ether oxygens (including phenoxy) is 1. The number of nitro benzene ring substituents is 1.